The molecule has 0 saturated carbocycles. The van der Waals surface area contributed by atoms with E-state index < -0.39 is 0 Å². The Morgan fingerprint density at radius 2 is 2.12 bits per heavy atom. The molecule has 0 atom stereocenters. The van der Waals surface area contributed by atoms with Crippen LogP contribution in [-0.4, -0.2) is 58.0 Å². The van der Waals surface area contributed by atoms with Gasteiger partial charge in [-0.05, 0) is 19.3 Å². The predicted molar refractivity (Wildman–Crippen MR) is 89.7 cm³/mol. The third-order valence-corrected chi connectivity index (χ3v) is 4.51. The van der Waals surface area contributed by atoms with Crippen molar-refractivity contribution < 1.29 is 4.79 Å². The van der Waals surface area contributed by atoms with Crippen LogP contribution in [0.2, 0.25) is 0 Å². The molecule has 0 radical (unpaired) electrons. The molecule has 9 nitrogen and oxygen atoms in total. The molecule has 2 aliphatic rings. The van der Waals surface area contributed by atoms with Crippen LogP contribution in [-0.2, 0) is 4.79 Å². The number of guanidine groups is 1. The number of piperidine rings is 1. The number of nitrogens with zero attached hydrogens (tertiary/aromatic N) is 5. The predicted octanol–water partition coefficient (Wildman–Crippen LogP) is 0.0348. The minimum Gasteiger partial charge on any atom is -0.356 e. The van der Waals surface area contributed by atoms with Crippen molar-refractivity contribution in [2.45, 2.75) is 19.3 Å². The van der Waals surface area contributed by atoms with Gasteiger partial charge in [-0.25, -0.2) is 15.0 Å². The van der Waals surface area contributed by atoms with Gasteiger partial charge in [0.05, 0.1) is 6.33 Å². The molecule has 1 fully saturated rings. The summed E-state index contributed by atoms with van der Waals surface area (Å²) in [5, 5.41) is 6.03. The molecule has 4 rings (SSSR count). The fourth-order valence-corrected chi connectivity index (χ4v) is 3.18. The third kappa shape index (κ3) is 2.89. The van der Waals surface area contributed by atoms with Gasteiger partial charge in [-0.2, -0.15) is 0 Å². The van der Waals surface area contributed by atoms with Gasteiger partial charge in [0.1, 0.15) is 11.8 Å². The van der Waals surface area contributed by atoms with E-state index in [2.05, 4.69) is 40.5 Å². The maximum atomic E-state index is 12.4. The van der Waals surface area contributed by atoms with Crippen LogP contribution in [0, 0.1) is 5.92 Å². The summed E-state index contributed by atoms with van der Waals surface area (Å²) in [6.07, 6.45) is 5.75. The third-order valence-electron chi connectivity index (χ3n) is 4.51. The number of anilines is 1. The Kier molecular flexibility index (Phi) is 3.97. The second-order valence-corrected chi connectivity index (χ2v) is 6.06. The summed E-state index contributed by atoms with van der Waals surface area (Å²) < 4.78 is 0. The molecule has 0 spiro atoms. The number of rotatable bonds is 2. The van der Waals surface area contributed by atoms with Gasteiger partial charge in [0, 0.05) is 32.1 Å². The number of amides is 1. The molecule has 2 aromatic rings. The van der Waals surface area contributed by atoms with Crippen molar-refractivity contribution in [3.8, 4) is 0 Å². The number of fused-ring (bicyclic) bond motifs is 1. The van der Waals surface area contributed by atoms with E-state index in [-0.39, 0.29) is 11.8 Å². The number of nitrogens with one attached hydrogen (secondary N) is 3. The average molecular weight is 328 g/mol. The lowest BCUT2D eigenvalue weighted by molar-refractivity contribution is -0.124. The van der Waals surface area contributed by atoms with E-state index >= 15 is 0 Å². The number of carbonyl (C=O) groups excluding carboxylic acids is 1. The van der Waals surface area contributed by atoms with Gasteiger partial charge in [-0.1, -0.05) is 0 Å². The molecule has 1 amide bonds. The van der Waals surface area contributed by atoms with Gasteiger partial charge < -0.3 is 15.2 Å². The molecule has 3 N–H and O–H groups in total. The molecule has 0 bridgehead atoms. The molecule has 2 aliphatic heterocycles. The largest absolute Gasteiger partial charge is 0.356 e. The van der Waals surface area contributed by atoms with Gasteiger partial charge in [0.2, 0.25) is 5.91 Å². The Morgan fingerprint density at radius 3 is 2.92 bits per heavy atom. The van der Waals surface area contributed by atoms with E-state index in [0.717, 1.165) is 56.8 Å². The summed E-state index contributed by atoms with van der Waals surface area (Å²) in [5.74, 6) is 1.53. The highest BCUT2D eigenvalue weighted by Crippen LogP contribution is 2.25. The van der Waals surface area contributed by atoms with Crippen LogP contribution in [0.4, 0.5) is 5.82 Å². The SMILES string of the molecule is O=C(NC1=NCCCN1)C1CCN(c2ncnc3nc[nH]c23)CC1. The lowest BCUT2D eigenvalue weighted by Crippen LogP contribution is -2.48. The van der Waals surface area contributed by atoms with Crippen LogP contribution in [0.25, 0.3) is 11.2 Å². The minimum atomic E-state index is 0.00627. The highest BCUT2D eigenvalue weighted by Gasteiger charge is 2.27. The molecule has 4 heterocycles. The Balaban J connectivity index is 1.39. The second kappa shape index (κ2) is 6.42. The van der Waals surface area contributed by atoms with E-state index in [1.807, 2.05) is 0 Å². The molecule has 24 heavy (non-hydrogen) atoms. The number of aromatic amines is 1. The average Bonchev–Trinajstić information content (AvgIpc) is 3.11. The van der Waals surface area contributed by atoms with Crippen LogP contribution in [0.1, 0.15) is 19.3 Å². The van der Waals surface area contributed by atoms with Gasteiger partial charge in [0.15, 0.2) is 17.4 Å². The molecule has 0 unspecified atom stereocenters. The maximum absolute atomic E-state index is 12.4. The fourth-order valence-electron chi connectivity index (χ4n) is 3.18. The van der Waals surface area contributed by atoms with E-state index in [1.54, 1.807) is 6.33 Å². The number of hydrogen-bond donors (Lipinski definition) is 3. The zero-order chi connectivity index (χ0) is 16.4. The van der Waals surface area contributed by atoms with Crippen molar-refractivity contribution in [3.05, 3.63) is 12.7 Å². The van der Waals surface area contributed by atoms with Crippen molar-refractivity contribution in [2.75, 3.05) is 31.1 Å². The Hall–Kier alpha value is -2.71. The van der Waals surface area contributed by atoms with Gasteiger partial charge in [-0.15, -0.1) is 0 Å². The molecule has 1 saturated heterocycles. The van der Waals surface area contributed by atoms with Crippen LogP contribution >= 0.6 is 0 Å². The summed E-state index contributed by atoms with van der Waals surface area (Å²) in [6, 6.07) is 0. The zero-order valence-corrected chi connectivity index (χ0v) is 13.3. The molecular formula is C15H20N8O. The zero-order valence-electron chi connectivity index (χ0n) is 13.3. The normalized spacial score (nSPS) is 19.0. The first-order valence-electron chi connectivity index (χ1n) is 8.29. The fraction of sp³-hybridized carbons (Fsp3) is 0.533. The smallest absolute Gasteiger partial charge is 0.229 e. The highest BCUT2D eigenvalue weighted by atomic mass is 16.2. The molecular weight excluding hydrogens is 308 g/mol. The van der Waals surface area contributed by atoms with Crippen molar-refractivity contribution in [1.82, 2.24) is 30.6 Å². The summed E-state index contributed by atoms with van der Waals surface area (Å²) >= 11 is 0. The number of hydrogen-bond acceptors (Lipinski definition) is 7. The molecule has 126 valence electrons. The number of imidazole rings is 1. The van der Waals surface area contributed by atoms with E-state index in [9.17, 15) is 4.79 Å². The number of aromatic nitrogens is 4. The topological polar surface area (TPSA) is 111 Å². The summed E-state index contributed by atoms with van der Waals surface area (Å²) in [4.78, 5) is 34.6. The quantitative estimate of drug-likeness (QED) is 0.717. The van der Waals surface area contributed by atoms with E-state index in [1.165, 1.54) is 6.33 Å². The molecule has 2 aromatic heterocycles. The first-order valence-corrected chi connectivity index (χ1v) is 8.29. The van der Waals surface area contributed by atoms with Crippen molar-refractivity contribution >= 4 is 28.8 Å². The number of H-pyrrole nitrogens is 1. The van der Waals surface area contributed by atoms with Crippen LogP contribution < -0.4 is 15.5 Å². The van der Waals surface area contributed by atoms with Gasteiger partial charge >= 0.3 is 0 Å². The number of aliphatic imine (C=N–C) groups is 1. The van der Waals surface area contributed by atoms with Gasteiger partial charge in [0.25, 0.3) is 0 Å². The standard InChI is InChI=1S/C15H20N8O/c24-14(22-15-16-4-1-5-17-15)10-2-6-23(7-3-10)13-11-12(19-8-18-11)20-9-21-13/h8-10H,1-7H2,(H2,16,17,22,24)(H,18,19,20,21). The summed E-state index contributed by atoms with van der Waals surface area (Å²) in [5.41, 5.74) is 1.52. The molecule has 0 aliphatic carbocycles. The molecule has 9 heteroatoms. The first kappa shape index (κ1) is 14.9. The Bertz CT molecular complexity index is 762. The second-order valence-electron chi connectivity index (χ2n) is 6.06. The van der Waals surface area contributed by atoms with Crippen molar-refractivity contribution in [1.29, 1.82) is 0 Å². The lowest BCUT2D eigenvalue weighted by atomic mass is 9.96. The van der Waals surface area contributed by atoms with Crippen LogP contribution in [0.5, 0.6) is 0 Å². The first-order chi connectivity index (χ1) is 11.8. The van der Waals surface area contributed by atoms with Crippen LogP contribution in [0.15, 0.2) is 17.6 Å². The Morgan fingerprint density at radius 1 is 1.25 bits per heavy atom. The monoisotopic (exact) mass is 328 g/mol. The summed E-state index contributed by atoms with van der Waals surface area (Å²) in [6.45, 7) is 3.20. The minimum absolute atomic E-state index is 0.00627. The lowest BCUT2D eigenvalue weighted by Gasteiger charge is -2.32. The Labute approximate surface area is 139 Å². The van der Waals surface area contributed by atoms with Crippen molar-refractivity contribution in [3.63, 3.8) is 0 Å². The number of carbonyl (C=O) groups is 1. The maximum Gasteiger partial charge on any atom is 0.229 e. The van der Waals surface area contributed by atoms with Gasteiger partial charge in [-0.3, -0.25) is 15.1 Å². The molecule has 0 aromatic carbocycles. The van der Waals surface area contributed by atoms with E-state index in [4.69, 9.17) is 0 Å². The van der Waals surface area contributed by atoms with E-state index in [0.29, 0.717) is 11.6 Å². The van der Waals surface area contributed by atoms with Crippen LogP contribution in [0.3, 0.4) is 0 Å². The van der Waals surface area contributed by atoms with Crippen molar-refractivity contribution in [2.24, 2.45) is 10.9 Å². The highest BCUT2D eigenvalue weighted by molar-refractivity contribution is 5.98. The summed E-state index contributed by atoms with van der Waals surface area (Å²) in [7, 11) is 0.